The van der Waals surface area contributed by atoms with Gasteiger partial charge < -0.3 is 9.64 Å². The van der Waals surface area contributed by atoms with Crippen LogP contribution in [0.15, 0.2) is 18.2 Å². The van der Waals surface area contributed by atoms with Gasteiger partial charge in [-0.15, -0.1) is 0 Å². The second-order valence-electron chi connectivity index (χ2n) is 5.02. The van der Waals surface area contributed by atoms with E-state index in [2.05, 4.69) is 9.58 Å². The van der Waals surface area contributed by atoms with E-state index in [0.29, 0.717) is 17.0 Å². The highest BCUT2D eigenvalue weighted by Gasteiger charge is 2.36. The van der Waals surface area contributed by atoms with Gasteiger partial charge in [-0.3, -0.25) is 0 Å². The fourth-order valence-corrected chi connectivity index (χ4v) is 1.92. The van der Waals surface area contributed by atoms with Crippen LogP contribution in [0.5, 0.6) is 0 Å². The highest BCUT2D eigenvalue weighted by atomic mass is 19.4. The number of rotatable bonds is 6. The number of benzene rings is 1. The van der Waals surface area contributed by atoms with E-state index >= 15 is 0 Å². The molecule has 0 bridgehead atoms. The van der Waals surface area contributed by atoms with Gasteiger partial charge in [0.05, 0.1) is 18.7 Å². The Morgan fingerprint density at radius 1 is 0.962 bits per heavy atom. The molecule has 1 rings (SSSR count). The van der Waals surface area contributed by atoms with Crippen LogP contribution in [0.2, 0.25) is 0 Å². The van der Waals surface area contributed by atoms with Crippen molar-refractivity contribution in [2.75, 3.05) is 31.2 Å². The maximum absolute atomic E-state index is 12.9. The molecular formula is C14H11F9N2O. The summed E-state index contributed by atoms with van der Waals surface area (Å²) in [6.45, 7) is 1.77. The van der Waals surface area contributed by atoms with Gasteiger partial charge in [0.15, 0.2) is 5.69 Å². The zero-order valence-electron chi connectivity index (χ0n) is 12.8. The van der Waals surface area contributed by atoms with Crippen LogP contribution < -0.4 is 4.90 Å². The SMILES string of the molecule is [C-]#[N+]c1ccc(N(CCOCC(F)(F)F)CC(F)(F)F)cc1C(F)(F)F. The Kier molecular flexibility index (Phi) is 6.76. The summed E-state index contributed by atoms with van der Waals surface area (Å²) in [4.78, 5) is 3.06. The lowest BCUT2D eigenvalue weighted by Crippen LogP contribution is -2.37. The Morgan fingerprint density at radius 2 is 1.58 bits per heavy atom. The first-order chi connectivity index (χ1) is 11.7. The third-order valence-corrected chi connectivity index (χ3v) is 2.91. The second-order valence-corrected chi connectivity index (χ2v) is 5.02. The van der Waals surface area contributed by atoms with Crippen LogP contribution in [0.3, 0.4) is 0 Å². The van der Waals surface area contributed by atoms with Crippen LogP contribution in [-0.4, -0.2) is 38.7 Å². The Hall–Kier alpha value is -2.16. The number of ether oxygens (including phenoxy) is 1. The number of nitrogens with zero attached hydrogens (tertiary/aromatic N) is 2. The van der Waals surface area contributed by atoms with Crippen molar-refractivity contribution in [3.05, 3.63) is 35.2 Å². The number of hydrogen-bond acceptors (Lipinski definition) is 2. The minimum atomic E-state index is -4.98. The highest BCUT2D eigenvalue weighted by Crippen LogP contribution is 2.39. The van der Waals surface area contributed by atoms with Crippen LogP contribution in [0, 0.1) is 6.57 Å². The molecule has 0 spiro atoms. The zero-order chi connectivity index (χ0) is 20.2. The second kappa shape index (κ2) is 8.03. The Labute approximate surface area is 141 Å². The standard InChI is InChI=1S/C14H11F9N2O/c1-24-11-3-2-9(6-10(11)14(21,22)23)25(7-12(15,16)17)4-5-26-8-13(18,19)20/h2-3,6H,4-5,7-8H2. The van der Waals surface area contributed by atoms with Crippen molar-refractivity contribution in [2.24, 2.45) is 0 Å². The molecule has 0 aliphatic heterocycles. The third kappa shape index (κ3) is 7.38. The number of halogens is 9. The van der Waals surface area contributed by atoms with Gasteiger partial charge in [0.2, 0.25) is 0 Å². The average Bonchev–Trinajstić information content (AvgIpc) is 2.46. The van der Waals surface area contributed by atoms with Gasteiger partial charge >= 0.3 is 18.5 Å². The van der Waals surface area contributed by atoms with Crippen molar-refractivity contribution < 1.29 is 44.3 Å². The summed E-state index contributed by atoms with van der Waals surface area (Å²) >= 11 is 0. The van der Waals surface area contributed by atoms with Crippen molar-refractivity contribution in [3.8, 4) is 0 Å². The Bertz CT molecular complexity index is 644. The normalized spacial score (nSPS) is 12.8. The fraction of sp³-hybridized carbons (Fsp3) is 0.500. The van der Waals surface area contributed by atoms with E-state index in [1.807, 2.05) is 0 Å². The first-order valence-electron chi connectivity index (χ1n) is 6.78. The monoisotopic (exact) mass is 394 g/mol. The molecule has 0 atom stereocenters. The minimum Gasteiger partial charge on any atom is -0.370 e. The van der Waals surface area contributed by atoms with E-state index in [0.717, 1.165) is 6.07 Å². The topological polar surface area (TPSA) is 16.8 Å². The van der Waals surface area contributed by atoms with Gasteiger partial charge in [0.25, 0.3) is 0 Å². The lowest BCUT2D eigenvalue weighted by molar-refractivity contribution is -0.173. The first-order valence-corrected chi connectivity index (χ1v) is 6.78. The van der Waals surface area contributed by atoms with Gasteiger partial charge in [-0.05, 0) is 12.1 Å². The number of alkyl halides is 9. The van der Waals surface area contributed by atoms with Crippen LogP contribution in [0.1, 0.15) is 5.56 Å². The van der Waals surface area contributed by atoms with Crippen molar-refractivity contribution in [2.45, 2.75) is 18.5 Å². The molecule has 3 nitrogen and oxygen atoms in total. The lowest BCUT2D eigenvalue weighted by Gasteiger charge is -2.27. The molecule has 0 saturated carbocycles. The van der Waals surface area contributed by atoms with Gasteiger partial charge in [-0.2, -0.15) is 39.5 Å². The fourth-order valence-electron chi connectivity index (χ4n) is 1.92. The molecule has 12 heteroatoms. The largest absolute Gasteiger partial charge is 0.411 e. The molecule has 0 radical (unpaired) electrons. The maximum Gasteiger partial charge on any atom is 0.411 e. The maximum atomic E-state index is 12.9. The molecule has 0 saturated heterocycles. The Morgan fingerprint density at radius 3 is 2.04 bits per heavy atom. The molecule has 146 valence electrons. The van der Waals surface area contributed by atoms with E-state index in [1.54, 1.807) is 0 Å². The zero-order valence-corrected chi connectivity index (χ0v) is 12.8. The summed E-state index contributed by atoms with van der Waals surface area (Å²) in [5.41, 5.74) is -2.78. The van der Waals surface area contributed by atoms with E-state index in [4.69, 9.17) is 6.57 Å². The molecule has 0 N–H and O–H groups in total. The summed E-state index contributed by atoms with van der Waals surface area (Å²) in [6.07, 6.45) is -14.5. The summed E-state index contributed by atoms with van der Waals surface area (Å²) in [5, 5.41) is 0. The smallest absolute Gasteiger partial charge is 0.370 e. The molecule has 26 heavy (non-hydrogen) atoms. The molecule has 0 aliphatic rings. The minimum absolute atomic E-state index is 0.350. The molecule has 0 amide bonds. The van der Waals surface area contributed by atoms with Crippen LogP contribution in [-0.2, 0) is 10.9 Å². The number of hydrogen-bond donors (Lipinski definition) is 0. The highest BCUT2D eigenvalue weighted by molar-refractivity contribution is 5.62. The predicted molar refractivity (Wildman–Crippen MR) is 72.8 cm³/mol. The number of anilines is 1. The van der Waals surface area contributed by atoms with Gasteiger partial charge in [0, 0.05) is 12.2 Å². The molecule has 0 heterocycles. The van der Waals surface area contributed by atoms with Crippen molar-refractivity contribution in [1.82, 2.24) is 0 Å². The van der Waals surface area contributed by atoms with Crippen LogP contribution in [0.25, 0.3) is 4.85 Å². The van der Waals surface area contributed by atoms with Gasteiger partial charge in [-0.25, -0.2) is 4.85 Å². The summed E-state index contributed by atoms with van der Waals surface area (Å²) in [6, 6.07) is 1.91. The molecule has 0 aliphatic carbocycles. The molecule has 0 unspecified atom stereocenters. The average molecular weight is 394 g/mol. The molecule has 1 aromatic rings. The van der Waals surface area contributed by atoms with Crippen molar-refractivity contribution >= 4 is 11.4 Å². The molecular weight excluding hydrogens is 383 g/mol. The summed E-state index contributed by atoms with van der Waals surface area (Å²) in [7, 11) is 0. The molecule has 1 aromatic carbocycles. The lowest BCUT2D eigenvalue weighted by atomic mass is 10.1. The van der Waals surface area contributed by atoms with E-state index < -0.39 is 61.8 Å². The third-order valence-electron chi connectivity index (χ3n) is 2.91. The Balaban J connectivity index is 3.05. The first kappa shape index (κ1) is 21.9. The van der Waals surface area contributed by atoms with E-state index in [-0.39, 0.29) is 0 Å². The van der Waals surface area contributed by atoms with Crippen LogP contribution >= 0.6 is 0 Å². The molecule has 0 aromatic heterocycles. The predicted octanol–water partition coefficient (Wildman–Crippen LogP) is 5.20. The van der Waals surface area contributed by atoms with E-state index in [1.165, 1.54) is 0 Å². The quantitative estimate of drug-likeness (QED) is 0.375. The van der Waals surface area contributed by atoms with Crippen LogP contribution in [0.4, 0.5) is 50.9 Å². The van der Waals surface area contributed by atoms with Gasteiger partial charge in [0.1, 0.15) is 13.2 Å². The molecule has 0 fully saturated rings. The van der Waals surface area contributed by atoms with E-state index in [9.17, 15) is 39.5 Å². The van der Waals surface area contributed by atoms with Gasteiger partial charge in [-0.1, -0.05) is 6.07 Å². The summed E-state index contributed by atoms with van der Waals surface area (Å²) < 4.78 is 117. The van der Waals surface area contributed by atoms with Crippen molar-refractivity contribution in [1.29, 1.82) is 0 Å². The van der Waals surface area contributed by atoms with Crippen molar-refractivity contribution in [3.63, 3.8) is 0 Å². The summed E-state index contributed by atoms with van der Waals surface area (Å²) in [5.74, 6) is 0.